The molecule has 0 fully saturated rings. The quantitative estimate of drug-likeness (QED) is 0.597. The van der Waals surface area contributed by atoms with Gasteiger partial charge < -0.3 is 18.8 Å². The van der Waals surface area contributed by atoms with E-state index in [9.17, 15) is 4.79 Å². The van der Waals surface area contributed by atoms with E-state index in [0.29, 0.717) is 29.1 Å². The van der Waals surface area contributed by atoms with Gasteiger partial charge in [0.05, 0.1) is 12.5 Å². The molecule has 1 heterocycles. The Balaban J connectivity index is 1.85. The van der Waals surface area contributed by atoms with E-state index in [2.05, 4.69) is 18.7 Å². The van der Waals surface area contributed by atoms with Gasteiger partial charge in [0.25, 0.3) is 0 Å². The van der Waals surface area contributed by atoms with Gasteiger partial charge in [0.15, 0.2) is 5.43 Å². The Morgan fingerprint density at radius 1 is 0.963 bits per heavy atom. The fraction of sp³-hybridized carbons (Fsp3) is 0.318. The van der Waals surface area contributed by atoms with Crippen LogP contribution in [0.1, 0.15) is 13.8 Å². The number of methoxy groups -OCH3 is 1. The van der Waals surface area contributed by atoms with E-state index in [4.69, 9.17) is 13.9 Å². The third kappa shape index (κ3) is 4.49. The van der Waals surface area contributed by atoms with Gasteiger partial charge >= 0.3 is 0 Å². The summed E-state index contributed by atoms with van der Waals surface area (Å²) in [4.78, 5) is 14.8. The van der Waals surface area contributed by atoms with Crippen LogP contribution in [0.5, 0.6) is 11.5 Å². The van der Waals surface area contributed by atoms with Crippen molar-refractivity contribution in [2.45, 2.75) is 13.8 Å². The van der Waals surface area contributed by atoms with Gasteiger partial charge in [0.2, 0.25) is 0 Å². The minimum atomic E-state index is -0.0724. The van der Waals surface area contributed by atoms with Crippen LogP contribution in [0.15, 0.2) is 57.7 Å². The molecule has 27 heavy (non-hydrogen) atoms. The average molecular weight is 367 g/mol. The Labute approximate surface area is 159 Å². The maximum atomic E-state index is 12.5. The second-order valence-electron chi connectivity index (χ2n) is 6.24. The van der Waals surface area contributed by atoms with Gasteiger partial charge in [-0.3, -0.25) is 4.79 Å². The van der Waals surface area contributed by atoms with Crippen LogP contribution in [0.3, 0.4) is 0 Å². The first-order chi connectivity index (χ1) is 13.1. The molecule has 0 bridgehead atoms. The molecule has 2 aromatic carbocycles. The van der Waals surface area contributed by atoms with Crippen molar-refractivity contribution in [3.05, 3.63) is 58.8 Å². The van der Waals surface area contributed by atoms with Crippen molar-refractivity contribution in [1.29, 1.82) is 0 Å². The Morgan fingerprint density at radius 2 is 1.67 bits per heavy atom. The number of likely N-dealkylation sites (N-methyl/N-ethyl adjacent to an activating group) is 1. The molecule has 0 aliphatic heterocycles. The molecule has 0 spiro atoms. The lowest BCUT2D eigenvalue weighted by Gasteiger charge is -2.18. The van der Waals surface area contributed by atoms with Crippen molar-refractivity contribution in [3.63, 3.8) is 0 Å². The minimum absolute atomic E-state index is 0.0724. The predicted molar refractivity (Wildman–Crippen MR) is 108 cm³/mol. The van der Waals surface area contributed by atoms with Crippen LogP contribution < -0.4 is 14.9 Å². The summed E-state index contributed by atoms with van der Waals surface area (Å²) >= 11 is 0. The molecule has 142 valence electrons. The van der Waals surface area contributed by atoms with E-state index in [-0.39, 0.29) is 5.43 Å². The Hall–Kier alpha value is -2.79. The molecule has 3 rings (SSSR count). The maximum absolute atomic E-state index is 12.5. The lowest BCUT2D eigenvalue weighted by molar-refractivity contribution is 0.223. The number of nitrogens with zero attached hydrogens (tertiary/aromatic N) is 1. The van der Waals surface area contributed by atoms with Crippen molar-refractivity contribution < 1.29 is 13.9 Å². The van der Waals surface area contributed by atoms with Crippen molar-refractivity contribution in [3.8, 4) is 22.8 Å². The number of fused-ring (bicyclic) bond motifs is 1. The molecule has 1 aromatic heterocycles. The second kappa shape index (κ2) is 8.73. The van der Waals surface area contributed by atoms with Gasteiger partial charge in [-0.15, -0.1) is 0 Å². The largest absolute Gasteiger partial charge is 0.497 e. The minimum Gasteiger partial charge on any atom is -0.497 e. The number of hydrogen-bond acceptors (Lipinski definition) is 5. The summed E-state index contributed by atoms with van der Waals surface area (Å²) in [5.41, 5.74) is 1.27. The summed E-state index contributed by atoms with van der Waals surface area (Å²) in [5.74, 6) is 1.98. The van der Waals surface area contributed by atoms with E-state index in [1.165, 1.54) is 6.07 Å². The van der Waals surface area contributed by atoms with Gasteiger partial charge in [-0.25, -0.2) is 0 Å². The summed E-state index contributed by atoms with van der Waals surface area (Å²) in [7, 11) is 1.62. The fourth-order valence-corrected chi connectivity index (χ4v) is 2.96. The zero-order chi connectivity index (χ0) is 19.2. The normalized spacial score (nSPS) is 11.1. The van der Waals surface area contributed by atoms with E-state index in [0.717, 1.165) is 30.9 Å². The summed E-state index contributed by atoms with van der Waals surface area (Å²) in [6, 6.07) is 14.3. The van der Waals surface area contributed by atoms with Gasteiger partial charge in [-0.2, -0.15) is 0 Å². The van der Waals surface area contributed by atoms with Crippen molar-refractivity contribution >= 4 is 11.0 Å². The first-order valence-electron chi connectivity index (χ1n) is 9.22. The number of benzene rings is 2. The molecule has 0 saturated heterocycles. The molecular weight excluding hydrogens is 342 g/mol. The van der Waals surface area contributed by atoms with Crippen molar-refractivity contribution in [2.24, 2.45) is 0 Å². The van der Waals surface area contributed by atoms with Gasteiger partial charge in [0.1, 0.15) is 29.4 Å². The highest BCUT2D eigenvalue weighted by molar-refractivity contribution is 5.80. The fourth-order valence-electron chi connectivity index (χ4n) is 2.96. The SMILES string of the molecule is CCN(CC)CCOc1ccc2c(=O)cc(-c3ccc(OC)cc3)oc2c1. The van der Waals surface area contributed by atoms with Crippen LogP contribution >= 0.6 is 0 Å². The first-order valence-corrected chi connectivity index (χ1v) is 9.22. The molecule has 5 nitrogen and oxygen atoms in total. The van der Waals surface area contributed by atoms with E-state index in [1.807, 2.05) is 30.3 Å². The summed E-state index contributed by atoms with van der Waals surface area (Å²) in [6.45, 7) is 7.72. The van der Waals surface area contributed by atoms with Crippen LogP contribution in [-0.4, -0.2) is 38.3 Å². The summed E-state index contributed by atoms with van der Waals surface area (Å²) in [6.07, 6.45) is 0. The van der Waals surface area contributed by atoms with Crippen LogP contribution in [-0.2, 0) is 0 Å². The monoisotopic (exact) mass is 367 g/mol. The van der Waals surface area contributed by atoms with Crippen LogP contribution in [0.4, 0.5) is 0 Å². The third-order valence-corrected chi connectivity index (χ3v) is 4.65. The van der Waals surface area contributed by atoms with E-state index >= 15 is 0 Å². The third-order valence-electron chi connectivity index (χ3n) is 4.65. The van der Waals surface area contributed by atoms with Crippen LogP contribution in [0.25, 0.3) is 22.3 Å². The lowest BCUT2D eigenvalue weighted by Crippen LogP contribution is -2.27. The van der Waals surface area contributed by atoms with Crippen LogP contribution in [0.2, 0.25) is 0 Å². The average Bonchev–Trinajstić information content (AvgIpc) is 2.71. The topological polar surface area (TPSA) is 51.9 Å². The molecular formula is C22H25NO4. The lowest BCUT2D eigenvalue weighted by atomic mass is 10.1. The molecule has 0 aliphatic carbocycles. The zero-order valence-corrected chi connectivity index (χ0v) is 16.0. The molecule has 0 atom stereocenters. The highest BCUT2D eigenvalue weighted by atomic mass is 16.5. The molecule has 0 aliphatic rings. The summed E-state index contributed by atoms with van der Waals surface area (Å²) < 4.78 is 17.0. The smallest absolute Gasteiger partial charge is 0.193 e. The van der Waals surface area contributed by atoms with Crippen molar-refractivity contribution in [2.75, 3.05) is 33.4 Å². The van der Waals surface area contributed by atoms with Gasteiger partial charge in [-0.1, -0.05) is 13.8 Å². The second-order valence-corrected chi connectivity index (χ2v) is 6.24. The summed E-state index contributed by atoms with van der Waals surface area (Å²) in [5, 5.41) is 0.545. The molecule has 0 saturated carbocycles. The van der Waals surface area contributed by atoms with Crippen LogP contribution in [0, 0.1) is 0 Å². The number of rotatable bonds is 8. The first kappa shape index (κ1) is 19.0. The van der Waals surface area contributed by atoms with E-state index in [1.54, 1.807) is 19.2 Å². The molecule has 0 radical (unpaired) electrons. The molecule has 0 amide bonds. The van der Waals surface area contributed by atoms with Crippen molar-refractivity contribution in [1.82, 2.24) is 4.90 Å². The predicted octanol–water partition coefficient (Wildman–Crippen LogP) is 4.19. The molecule has 0 unspecified atom stereocenters. The standard InChI is InChI=1S/C22H25NO4/c1-4-23(5-2)12-13-26-18-10-11-19-20(24)15-21(27-22(19)14-18)16-6-8-17(25-3)9-7-16/h6-11,14-15H,4-5,12-13H2,1-3H3. The zero-order valence-electron chi connectivity index (χ0n) is 16.0. The Bertz CT molecular complexity index is 943. The van der Waals surface area contributed by atoms with E-state index < -0.39 is 0 Å². The van der Waals surface area contributed by atoms with Gasteiger partial charge in [-0.05, 0) is 49.5 Å². The molecule has 5 heteroatoms. The molecule has 0 N–H and O–H groups in total. The highest BCUT2D eigenvalue weighted by Gasteiger charge is 2.09. The van der Waals surface area contributed by atoms with Gasteiger partial charge in [0, 0.05) is 24.2 Å². The Morgan fingerprint density at radius 3 is 2.33 bits per heavy atom. The number of ether oxygens (including phenoxy) is 2. The Kier molecular flexibility index (Phi) is 6.14. The molecule has 3 aromatic rings. The maximum Gasteiger partial charge on any atom is 0.193 e. The number of hydrogen-bond donors (Lipinski definition) is 0. The highest BCUT2D eigenvalue weighted by Crippen LogP contribution is 2.26.